The number of aromatic nitrogens is 2. The maximum absolute atomic E-state index is 14.0. The zero-order valence-electron chi connectivity index (χ0n) is 23.1. The lowest BCUT2D eigenvalue weighted by Crippen LogP contribution is -2.41. The second kappa shape index (κ2) is 12.0. The highest BCUT2D eigenvalue weighted by Gasteiger charge is 2.27. The number of carbonyl (C=O) groups is 1. The van der Waals surface area contributed by atoms with Crippen LogP contribution in [0.3, 0.4) is 0 Å². The molecule has 0 spiro atoms. The number of halogens is 1. The molecule has 0 aliphatic carbocycles. The molecule has 1 amide bonds. The molecule has 0 bridgehead atoms. The highest BCUT2D eigenvalue weighted by atomic mass is 35.5. The molecule has 0 fully saturated rings. The molecule has 9 nitrogen and oxygen atoms in total. The van der Waals surface area contributed by atoms with Crippen LogP contribution in [0.1, 0.15) is 36.3 Å². The average molecular weight is 574 g/mol. The van der Waals surface area contributed by atoms with Crippen LogP contribution < -0.4 is 9.04 Å². The van der Waals surface area contributed by atoms with Crippen molar-refractivity contribution in [1.82, 2.24) is 19.6 Å². The van der Waals surface area contributed by atoms with Crippen molar-refractivity contribution in [3.05, 3.63) is 64.8 Å². The minimum Gasteiger partial charge on any atom is -0.497 e. The van der Waals surface area contributed by atoms with Crippen molar-refractivity contribution in [1.29, 1.82) is 0 Å². The molecule has 1 aromatic heterocycles. The highest BCUT2D eigenvalue weighted by molar-refractivity contribution is 7.92. The van der Waals surface area contributed by atoms with Crippen LogP contribution in [0.5, 0.6) is 5.75 Å². The number of sulfonamides is 1. The Hall–Kier alpha value is -3.08. The molecule has 1 aliphatic heterocycles. The summed E-state index contributed by atoms with van der Waals surface area (Å²) in [6, 6.07) is 14.8. The van der Waals surface area contributed by atoms with Crippen molar-refractivity contribution < 1.29 is 17.9 Å². The standard InChI is InChI=1S/C28H36ClN5O4S/c1-20(2)32-13-6-14-34(39(5,36)37)26-17-23(29)10-7-22(26)19-33(16-15-32)28(35)27-18-25(30-31(27)3)21-8-11-24(38-4)12-9-21/h7-12,17-18,20H,6,13-16,19H2,1-5H3. The van der Waals surface area contributed by atoms with Gasteiger partial charge in [-0.2, -0.15) is 5.10 Å². The summed E-state index contributed by atoms with van der Waals surface area (Å²) >= 11 is 6.32. The quantitative estimate of drug-likeness (QED) is 0.453. The monoisotopic (exact) mass is 573 g/mol. The SMILES string of the molecule is COc1ccc(-c2cc(C(=O)N3CCN(C(C)C)CCCN(S(C)(=O)=O)c4cc(Cl)ccc4C3)n(C)n2)cc1. The first-order chi connectivity index (χ1) is 18.5. The Morgan fingerprint density at radius 1 is 1.03 bits per heavy atom. The Labute approximate surface area is 236 Å². The number of nitrogens with zero attached hydrogens (tertiary/aromatic N) is 5. The second-order valence-electron chi connectivity index (χ2n) is 10.1. The zero-order valence-corrected chi connectivity index (χ0v) is 24.7. The largest absolute Gasteiger partial charge is 0.497 e. The summed E-state index contributed by atoms with van der Waals surface area (Å²) in [5, 5.41) is 5.04. The summed E-state index contributed by atoms with van der Waals surface area (Å²) in [4.78, 5) is 18.1. The Balaban J connectivity index is 1.73. The highest BCUT2D eigenvalue weighted by Crippen LogP contribution is 2.30. The molecule has 0 unspecified atom stereocenters. The van der Waals surface area contributed by atoms with E-state index >= 15 is 0 Å². The van der Waals surface area contributed by atoms with E-state index in [4.69, 9.17) is 16.3 Å². The van der Waals surface area contributed by atoms with E-state index in [0.29, 0.717) is 60.3 Å². The number of methoxy groups -OCH3 is 1. The Kier molecular flexibility index (Phi) is 8.88. The van der Waals surface area contributed by atoms with Gasteiger partial charge >= 0.3 is 0 Å². The van der Waals surface area contributed by atoms with E-state index < -0.39 is 10.0 Å². The number of benzene rings is 2. The van der Waals surface area contributed by atoms with Gasteiger partial charge in [0.2, 0.25) is 10.0 Å². The van der Waals surface area contributed by atoms with E-state index in [1.807, 2.05) is 24.3 Å². The van der Waals surface area contributed by atoms with E-state index in [-0.39, 0.29) is 18.5 Å². The molecule has 0 N–H and O–H groups in total. The summed E-state index contributed by atoms with van der Waals surface area (Å²) in [6.45, 7) is 6.61. The first-order valence-electron chi connectivity index (χ1n) is 13.0. The van der Waals surface area contributed by atoms with Crippen molar-refractivity contribution >= 4 is 33.2 Å². The number of rotatable bonds is 5. The number of hydrogen-bond acceptors (Lipinski definition) is 6. The second-order valence-corrected chi connectivity index (χ2v) is 12.4. The lowest BCUT2D eigenvalue weighted by Gasteiger charge is -2.30. The molecule has 0 atom stereocenters. The van der Waals surface area contributed by atoms with Gasteiger partial charge in [0.05, 0.1) is 24.7 Å². The topological polar surface area (TPSA) is 88.0 Å². The number of hydrogen-bond donors (Lipinski definition) is 0. The zero-order chi connectivity index (χ0) is 28.3. The van der Waals surface area contributed by atoms with Crippen LogP contribution in [-0.2, 0) is 23.6 Å². The number of aryl methyl sites for hydroxylation is 1. The molecule has 4 rings (SSSR count). The van der Waals surface area contributed by atoms with Gasteiger partial charge in [-0.15, -0.1) is 0 Å². The van der Waals surface area contributed by atoms with Crippen LogP contribution in [0, 0.1) is 0 Å². The summed E-state index contributed by atoms with van der Waals surface area (Å²) in [5.74, 6) is 0.561. The van der Waals surface area contributed by atoms with Crippen molar-refractivity contribution in [2.45, 2.75) is 32.9 Å². The Morgan fingerprint density at radius 2 is 1.74 bits per heavy atom. The van der Waals surface area contributed by atoms with Gasteiger partial charge in [-0.25, -0.2) is 8.42 Å². The summed E-state index contributed by atoms with van der Waals surface area (Å²) in [5.41, 5.74) is 3.22. The smallest absolute Gasteiger partial charge is 0.272 e. The van der Waals surface area contributed by atoms with E-state index in [2.05, 4.69) is 23.8 Å². The van der Waals surface area contributed by atoms with Gasteiger partial charge in [-0.05, 0) is 68.3 Å². The van der Waals surface area contributed by atoms with Crippen LogP contribution in [0.25, 0.3) is 11.3 Å². The maximum Gasteiger partial charge on any atom is 0.272 e. The lowest BCUT2D eigenvalue weighted by molar-refractivity contribution is 0.0701. The van der Waals surface area contributed by atoms with E-state index in [9.17, 15) is 13.2 Å². The maximum atomic E-state index is 14.0. The number of amides is 1. The predicted molar refractivity (Wildman–Crippen MR) is 155 cm³/mol. The predicted octanol–water partition coefficient (Wildman–Crippen LogP) is 4.27. The summed E-state index contributed by atoms with van der Waals surface area (Å²) < 4.78 is 34.0. The minimum absolute atomic E-state index is 0.181. The fourth-order valence-electron chi connectivity index (χ4n) is 4.85. The van der Waals surface area contributed by atoms with E-state index in [0.717, 1.165) is 11.3 Å². The number of fused-ring (bicyclic) bond motifs is 1. The molecule has 210 valence electrons. The Morgan fingerprint density at radius 3 is 2.38 bits per heavy atom. The number of anilines is 1. The fraction of sp³-hybridized carbons (Fsp3) is 0.429. The van der Waals surface area contributed by atoms with Crippen molar-refractivity contribution in [2.24, 2.45) is 7.05 Å². The van der Waals surface area contributed by atoms with Gasteiger partial charge in [0.1, 0.15) is 11.4 Å². The number of carbonyl (C=O) groups excluding carboxylic acids is 1. The van der Waals surface area contributed by atoms with Gasteiger partial charge in [0, 0.05) is 56.4 Å². The molecule has 11 heteroatoms. The van der Waals surface area contributed by atoms with Crippen molar-refractivity contribution in [3.8, 4) is 17.0 Å². The van der Waals surface area contributed by atoms with E-state index in [1.165, 1.54) is 10.6 Å². The van der Waals surface area contributed by atoms with Gasteiger partial charge in [-0.1, -0.05) is 17.7 Å². The molecule has 3 aromatic rings. The summed E-state index contributed by atoms with van der Waals surface area (Å²) in [6.07, 6.45) is 1.86. The van der Waals surface area contributed by atoms with E-state index in [1.54, 1.807) is 48.0 Å². The first-order valence-corrected chi connectivity index (χ1v) is 15.2. The molecule has 1 aliphatic rings. The lowest BCUT2D eigenvalue weighted by atomic mass is 10.1. The first kappa shape index (κ1) is 28.9. The van der Waals surface area contributed by atoms with Crippen LogP contribution in [-0.4, -0.2) is 79.5 Å². The molecule has 2 heterocycles. The minimum atomic E-state index is -3.57. The molecular weight excluding hydrogens is 538 g/mol. The normalized spacial score (nSPS) is 15.7. The van der Waals surface area contributed by atoms with Gasteiger partial charge in [0.25, 0.3) is 5.91 Å². The Bertz CT molecular complexity index is 1420. The third-order valence-electron chi connectivity index (χ3n) is 7.04. The van der Waals surface area contributed by atoms with Crippen LogP contribution in [0.15, 0.2) is 48.5 Å². The fourth-order valence-corrected chi connectivity index (χ4v) is 6.01. The molecule has 0 radical (unpaired) electrons. The van der Waals surface area contributed by atoms with Crippen LogP contribution >= 0.6 is 11.6 Å². The van der Waals surface area contributed by atoms with Crippen LogP contribution in [0.4, 0.5) is 5.69 Å². The van der Waals surface area contributed by atoms with Gasteiger partial charge < -0.3 is 9.64 Å². The van der Waals surface area contributed by atoms with Crippen LogP contribution in [0.2, 0.25) is 5.02 Å². The molecule has 0 saturated heterocycles. The third-order valence-corrected chi connectivity index (χ3v) is 8.46. The third kappa shape index (κ3) is 6.74. The average Bonchev–Trinajstić information content (AvgIpc) is 3.26. The molecular formula is C28H36ClN5O4S. The summed E-state index contributed by atoms with van der Waals surface area (Å²) in [7, 11) is -0.202. The number of ether oxygens (including phenoxy) is 1. The molecule has 2 aromatic carbocycles. The van der Waals surface area contributed by atoms with Crippen molar-refractivity contribution in [2.75, 3.05) is 43.8 Å². The van der Waals surface area contributed by atoms with Crippen molar-refractivity contribution in [3.63, 3.8) is 0 Å². The van der Waals surface area contributed by atoms with Gasteiger partial charge in [-0.3, -0.25) is 18.7 Å². The van der Waals surface area contributed by atoms with Gasteiger partial charge in [0.15, 0.2) is 0 Å². The molecule has 0 saturated carbocycles. The molecule has 39 heavy (non-hydrogen) atoms.